The van der Waals surface area contributed by atoms with Gasteiger partial charge >= 0.3 is 0 Å². The van der Waals surface area contributed by atoms with Crippen LogP contribution in [-0.2, 0) is 0 Å². The quantitative estimate of drug-likeness (QED) is 0.770. The molecule has 0 aliphatic carbocycles. The summed E-state index contributed by atoms with van der Waals surface area (Å²) in [4.78, 5) is 8.04. The van der Waals surface area contributed by atoms with Gasteiger partial charge in [0.1, 0.15) is 23.2 Å². The molecule has 0 bridgehead atoms. The van der Waals surface area contributed by atoms with Crippen LogP contribution in [0.15, 0.2) is 29.1 Å². The summed E-state index contributed by atoms with van der Waals surface area (Å²) in [5, 5.41) is 3.71. The van der Waals surface area contributed by atoms with Gasteiger partial charge in [0, 0.05) is 6.20 Å². The standard InChI is InChI=1S/C10H5BrClN5S/c11-5-3-13-4-14-10(5)15-8-6(12)1-2-7-9(8)17-18-16-7/h1-4H,(H,13,14,15). The van der Waals surface area contributed by atoms with Gasteiger partial charge < -0.3 is 5.32 Å². The first-order valence-electron chi connectivity index (χ1n) is 4.89. The van der Waals surface area contributed by atoms with E-state index in [4.69, 9.17) is 11.6 Å². The van der Waals surface area contributed by atoms with Gasteiger partial charge in [0.05, 0.1) is 26.9 Å². The van der Waals surface area contributed by atoms with Crippen LogP contribution in [0.5, 0.6) is 0 Å². The minimum Gasteiger partial charge on any atom is -0.336 e. The van der Waals surface area contributed by atoms with Crippen LogP contribution < -0.4 is 5.32 Å². The number of anilines is 2. The predicted molar refractivity (Wildman–Crippen MR) is 75.4 cm³/mol. The Morgan fingerprint density at radius 1 is 1.28 bits per heavy atom. The molecule has 2 aromatic heterocycles. The maximum absolute atomic E-state index is 6.18. The summed E-state index contributed by atoms with van der Waals surface area (Å²) in [6.07, 6.45) is 3.11. The summed E-state index contributed by atoms with van der Waals surface area (Å²) < 4.78 is 9.15. The predicted octanol–water partition coefficient (Wildman–Crippen LogP) is 3.64. The second kappa shape index (κ2) is 4.75. The van der Waals surface area contributed by atoms with E-state index < -0.39 is 0 Å². The monoisotopic (exact) mass is 341 g/mol. The van der Waals surface area contributed by atoms with Gasteiger partial charge in [-0.25, -0.2) is 9.97 Å². The van der Waals surface area contributed by atoms with Crippen LogP contribution in [0.1, 0.15) is 0 Å². The summed E-state index contributed by atoms with van der Waals surface area (Å²) in [7, 11) is 0. The molecular formula is C10H5BrClN5S. The molecule has 1 N–H and O–H groups in total. The lowest BCUT2D eigenvalue weighted by atomic mass is 10.2. The molecule has 90 valence electrons. The highest BCUT2D eigenvalue weighted by atomic mass is 79.9. The van der Waals surface area contributed by atoms with Crippen molar-refractivity contribution in [1.29, 1.82) is 0 Å². The van der Waals surface area contributed by atoms with E-state index in [0.29, 0.717) is 16.5 Å². The molecule has 0 atom stereocenters. The molecule has 0 amide bonds. The molecule has 2 heterocycles. The first kappa shape index (κ1) is 11.8. The van der Waals surface area contributed by atoms with Crippen LogP contribution in [0.2, 0.25) is 5.02 Å². The van der Waals surface area contributed by atoms with Crippen LogP contribution in [0.3, 0.4) is 0 Å². The molecule has 0 saturated carbocycles. The van der Waals surface area contributed by atoms with Crippen molar-refractivity contribution in [2.45, 2.75) is 0 Å². The zero-order chi connectivity index (χ0) is 12.5. The fraction of sp³-hybridized carbons (Fsp3) is 0. The van der Waals surface area contributed by atoms with Gasteiger partial charge in [-0.3, -0.25) is 0 Å². The van der Waals surface area contributed by atoms with Crippen LogP contribution >= 0.6 is 39.3 Å². The summed E-state index contributed by atoms with van der Waals surface area (Å²) >= 11 is 10.7. The number of benzene rings is 1. The van der Waals surface area contributed by atoms with E-state index in [-0.39, 0.29) is 0 Å². The number of rotatable bonds is 2. The van der Waals surface area contributed by atoms with Crippen molar-refractivity contribution in [3.05, 3.63) is 34.2 Å². The first-order valence-corrected chi connectivity index (χ1v) is 6.79. The van der Waals surface area contributed by atoms with E-state index in [0.717, 1.165) is 27.2 Å². The van der Waals surface area contributed by atoms with E-state index in [1.54, 1.807) is 12.3 Å². The molecule has 3 rings (SSSR count). The molecule has 8 heteroatoms. The molecule has 0 fully saturated rings. The third kappa shape index (κ3) is 2.05. The molecule has 0 aliphatic rings. The molecule has 0 radical (unpaired) electrons. The molecule has 18 heavy (non-hydrogen) atoms. The van der Waals surface area contributed by atoms with E-state index in [9.17, 15) is 0 Å². The minimum absolute atomic E-state index is 0.570. The fourth-order valence-corrected chi connectivity index (χ4v) is 2.53. The zero-order valence-corrected chi connectivity index (χ0v) is 11.9. The van der Waals surface area contributed by atoms with Gasteiger partial charge in [-0.05, 0) is 28.1 Å². The van der Waals surface area contributed by atoms with Gasteiger partial charge in [0.25, 0.3) is 0 Å². The van der Waals surface area contributed by atoms with Gasteiger partial charge in [-0.1, -0.05) is 11.6 Å². The molecule has 0 spiro atoms. The molecule has 0 unspecified atom stereocenters. The second-order valence-corrected chi connectivity index (χ2v) is 5.19. The molecule has 0 aliphatic heterocycles. The van der Waals surface area contributed by atoms with Gasteiger partial charge in [-0.15, -0.1) is 0 Å². The summed E-state index contributed by atoms with van der Waals surface area (Å²) in [5.41, 5.74) is 2.23. The number of nitrogens with zero attached hydrogens (tertiary/aromatic N) is 4. The van der Waals surface area contributed by atoms with Crippen molar-refractivity contribution in [2.24, 2.45) is 0 Å². The Bertz CT molecular complexity index is 716. The number of hydrogen-bond acceptors (Lipinski definition) is 6. The highest BCUT2D eigenvalue weighted by Gasteiger charge is 2.11. The van der Waals surface area contributed by atoms with Crippen LogP contribution in [-0.4, -0.2) is 18.7 Å². The maximum Gasteiger partial charge on any atom is 0.148 e. The minimum atomic E-state index is 0.570. The SMILES string of the molecule is Clc1ccc2nsnc2c1Nc1ncncc1Br. The van der Waals surface area contributed by atoms with Crippen LogP contribution in [0.4, 0.5) is 11.5 Å². The Kier molecular flexibility index (Phi) is 3.11. The van der Waals surface area contributed by atoms with Gasteiger partial charge in [0.15, 0.2) is 0 Å². The molecule has 5 nitrogen and oxygen atoms in total. The highest BCUT2D eigenvalue weighted by molar-refractivity contribution is 9.10. The van der Waals surface area contributed by atoms with Gasteiger partial charge in [-0.2, -0.15) is 8.75 Å². The molecule has 3 aromatic rings. The third-order valence-electron chi connectivity index (χ3n) is 2.29. The Labute approximate surface area is 120 Å². The van der Waals surface area contributed by atoms with Crippen molar-refractivity contribution in [3.8, 4) is 0 Å². The van der Waals surface area contributed by atoms with E-state index in [1.807, 2.05) is 6.07 Å². The Morgan fingerprint density at radius 3 is 3.00 bits per heavy atom. The average molecular weight is 343 g/mol. The number of fused-ring (bicyclic) bond motifs is 1. The number of nitrogens with one attached hydrogen (secondary N) is 1. The lowest BCUT2D eigenvalue weighted by Gasteiger charge is -2.08. The Morgan fingerprint density at radius 2 is 2.17 bits per heavy atom. The summed E-state index contributed by atoms with van der Waals surface area (Å²) in [5.74, 6) is 0.632. The Hall–Kier alpha value is -1.31. The van der Waals surface area contributed by atoms with Crippen molar-refractivity contribution < 1.29 is 0 Å². The Balaban J connectivity index is 2.12. The maximum atomic E-state index is 6.18. The number of halogens is 2. The third-order valence-corrected chi connectivity index (χ3v) is 3.73. The smallest absolute Gasteiger partial charge is 0.148 e. The average Bonchev–Trinajstić information content (AvgIpc) is 2.83. The van der Waals surface area contributed by atoms with E-state index in [1.165, 1.54) is 6.33 Å². The van der Waals surface area contributed by atoms with Gasteiger partial charge in [0.2, 0.25) is 0 Å². The number of hydrogen-bond donors (Lipinski definition) is 1. The molecule has 0 saturated heterocycles. The summed E-state index contributed by atoms with van der Waals surface area (Å²) in [6, 6.07) is 3.62. The number of aromatic nitrogens is 4. The summed E-state index contributed by atoms with van der Waals surface area (Å²) in [6.45, 7) is 0. The lowest BCUT2D eigenvalue weighted by molar-refractivity contribution is 1.15. The lowest BCUT2D eigenvalue weighted by Crippen LogP contribution is -1.97. The van der Waals surface area contributed by atoms with Crippen molar-refractivity contribution in [2.75, 3.05) is 5.32 Å². The normalized spacial score (nSPS) is 10.8. The highest BCUT2D eigenvalue weighted by Crippen LogP contribution is 2.33. The van der Waals surface area contributed by atoms with Crippen LogP contribution in [0.25, 0.3) is 11.0 Å². The van der Waals surface area contributed by atoms with E-state index >= 15 is 0 Å². The van der Waals surface area contributed by atoms with Crippen molar-refractivity contribution in [1.82, 2.24) is 18.7 Å². The van der Waals surface area contributed by atoms with E-state index in [2.05, 4.69) is 40.0 Å². The topological polar surface area (TPSA) is 63.6 Å². The first-order chi connectivity index (χ1) is 8.75. The zero-order valence-electron chi connectivity index (χ0n) is 8.76. The van der Waals surface area contributed by atoms with Crippen LogP contribution in [0, 0.1) is 0 Å². The molecular weight excluding hydrogens is 338 g/mol. The fourth-order valence-electron chi connectivity index (χ4n) is 1.47. The largest absolute Gasteiger partial charge is 0.336 e. The second-order valence-electron chi connectivity index (χ2n) is 3.40. The van der Waals surface area contributed by atoms with Crippen molar-refractivity contribution in [3.63, 3.8) is 0 Å². The van der Waals surface area contributed by atoms with Crippen molar-refractivity contribution >= 4 is 61.8 Å². The molecule has 1 aromatic carbocycles.